The molecule has 1 amide bonds. The van der Waals surface area contributed by atoms with E-state index in [2.05, 4.69) is 10.6 Å². The molecule has 0 spiro atoms. The van der Waals surface area contributed by atoms with Crippen LogP contribution in [-0.2, 0) is 32.2 Å². The minimum atomic E-state index is -4.07. The van der Waals surface area contributed by atoms with Crippen LogP contribution < -0.4 is 24.8 Å². The van der Waals surface area contributed by atoms with Crippen molar-refractivity contribution < 1.29 is 37.0 Å². The highest BCUT2D eigenvalue weighted by atomic mass is 32.2. The Bertz CT molecular complexity index is 1530. The molecule has 2 N–H and O–H groups in total. The van der Waals surface area contributed by atoms with E-state index in [0.717, 1.165) is 36.1 Å². The summed E-state index contributed by atoms with van der Waals surface area (Å²) in [5.41, 5.74) is 1.57. The second-order valence-corrected chi connectivity index (χ2v) is 12.2. The second-order valence-electron chi connectivity index (χ2n) is 9.15. The standard InChI is InChI=1S/C29H34N2O8S2/c1-5-38-18-11-13-21(25(15-18)41(34,35)19-12-14-22(36-3)23(16-19)37-4)30-17-26(32)31-28-27(29(33)39-6-2)20-9-7-8-10-24(20)40-28/h11-16,30H,5-10,17H2,1-4H3,(H,31,32). The molecule has 1 heterocycles. The largest absolute Gasteiger partial charge is 0.494 e. The summed E-state index contributed by atoms with van der Waals surface area (Å²) >= 11 is 1.39. The first-order chi connectivity index (χ1) is 19.7. The van der Waals surface area contributed by atoms with E-state index in [4.69, 9.17) is 18.9 Å². The minimum absolute atomic E-state index is 0.0143. The van der Waals surface area contributed by atoms with Gasteiger partial charge in [0, 0.05) is 17.0 Å². The van der Waals surface area contributed by atoms with Crippen LogP contribution in [-0.4, -0.2) is 54.3 Å². The fraction of sp³-hybridized carbons (Fsp3) is 0.379. The van der Waals surface area contributed by atoms with E-state index in [0.29, 0.717) is 28.7 Å². The second kappa shape index (κ2) is 13.3. The molecule has 0 aliphatic heterocycles. The summed E-state index contributed by atoms with van der Waals surface area (Å²) in [7, 11) is -1.18. The first-order valence-electron chi connectivity index (χ1n) is 13.3. The van der Waals surface area contributed by atoms with Crippen LogP contribution in [0.4, 0.5) is 10.7 Å². The molecule has 0 saturated heterocycles. The average Bonchev–Trinajstić information content (AvgIpc) is 3.34. The van der Waals surface area contributed by atoms with Gasteiger partial charge in [-0.1, -0.05) is 0 Å². The molecule has 0 fully saturated rings. The van der Waals surface area contributed by atoms with Crippen LogP contribution >= 0.6 is 11.3 Å². The van der Waals surface area contributed by atoms with Crippen LogP contribution in [0.25, 0.3) is 0 Å². The molecular weight excluding hydrogens is 568 g/mol. The fourth-order valence-electron chi connectivity index (χ4n) is 4.66. The molecule has 0 atom stereocenters. The van der Waals surface area contributed by atoms with Crippen LogP contribution in [0.5, 0.6) is 17.2 Å². The van der Waals surface area contributed by atoms with E-state index in [1.807, 2.05) is 0 Å². The predicted molar refractivity (Wildman–Crippen MR) is 157 cm³/mol. The van der Waals surface area contributed by atoms with Crippen molar-refractivity contribution in [3.8, 4) is 17.2 Å². The summed E-state index contributed by atoms with van der Waals surface area (Å²) in [6.07, 6.45) is 3.61. The Morgan fingerprint density at radius 2 is 1.71 bits per heavy atom. The van der Waals surface area contributed by atoms with Gasteiger partial charge in [-0.25, -0.2) is 13.2 Å². The van der Waals surface area contributed by atoms with Gasteiger partial charge in [0.1, 0.15) is 10.8 Å². The van der Waals surface area contributed by atoms with Gasteiger partial charge in [-0.15, -0.1) is 11.3 Å². The first-order valence-corrected chi connectivity index (χ1v) is 15.6. The Morgan fingerprint density at radius 1 is 0.951 bits per heavy atom. The molecule has 1 aromatic heterocycles. The van der Waals surface area contributed by atoms with Crippen LogP contribution in [0.3, 0.4) is 0 Å². The molecule has 220 valence electrons. The third-order valence-electron chi connectivity index (χ3n) is 6.56. The number of hydrogen-bond donors (Lipinski definition) is 2. The summed E-state index contributed by atoms with van der Waals surface area (Å²) in [5, 5.41) is 6.24. The van der Waals surface area contributed by atoms with Gasteiger partial charge in [0.2, 0.25) is 15.7 Å². The van der Waals surface area contributed by atoms with Gasteiger partial charge in [0.25, 0.3) is 0 Å². The fourth-order valence-corrected chi connectivity index (χ4v) is 7.42. The molecule has 0 bridgehead atoms. The van der Waals surface area contributed by atoms with Gasteiger partial charge in [-0.05, 0) is 69.4 Å². The van der Waals surface area contributed by atoms with Crippen LogP contribution in [0.2, 0.25) is 0 Å². The molecule has 0 saturated carbocycles. The lowest BCUT2D eigenvalue weighted by Crippen LogP contribution is -2.23. The summed E-state index contributed by atoms with van der Waals surface area (Å²) in [6.45, 7) is 3.87. The Labute approximate surface area is 243 Å². The van der Waals surface area contributed by atoms with Gasteiger partial charge in [-0.2, -0.15) is 0 Å². The molecule has 2 aromatic carbocycles. The van der Waals surface area contributed by atoms with E-state index < -0.39 is 21.7 Å². The van der Waals surface area contributed by atoms with Crippen LogP contribution in [0.15, 0.2) is 46.2 Å². The highest BCUT2D eigenvalue weighted by molar-refractivity contribution is 7.91. The number of ether oxygens (including phenoxy) is 4. The van der Waals surface area contributed by atoms with E-state index >= 15 is 0 Å². The number of esters is 1. The number of anilines is 2. The molecule has 1 aliphatic carbocycles. The van der Waals surface area contributed by atoms with E-state index in [9.17, 15) is 18.0 Å². The Kier molecular flexibility index (Phi) is 9.77. The van der Waals surface area contributed by atoms with Crippen molar-refractivity contribution in [1.29, 1.82) is 0 Å². The maximum Gasteiger partial charge on any atom is 0.341 e. The molecular formula is C29H34N2O8S2. The molecule has 0 radical (unpaired) electrons. The maximum absolute atomic E-state index is 13.8. The average molecular weight is 603 g/mol. The van der Waals surface area contributed by atoms with E-state index in [1.165, 1.54) is 49.8 Å². The van der Waals surface area contributed by atoms with Gasteiger partial charge in [-0.3, -0.25) is 4.79 Å². The highest BCUT2D eigenvalue weighted by Crippen LogP contribution is 2.39. The number of aryl methyl sites for hydroxylation is 1. The van der Waals surface area contributed by atoms with Crippen molar-refractivity contribution in [3.05, 3.63) is 52.4 Å². The predicted octanol–water partition coefficient (Wildman–Crippen LogP) is 5.10. The molecule has 41 heavy (non-hydrogen) atoms. The summed E-state index contributed by atoms with van der Waals surface area (Å²) in [4.78, 5) is 26.8. The molecule has 12 heteroatoms. The molecule has 3 aromatic rings. The lowest BCUT2D eigenvalue weighted by atomic mass is 9.95. The van der Waals surface area contributed by atoms with Crippen molar-refractivity contribution in [1.82, 2.24) is 0 Å². The van der Waals surface area contributed by atoms with Crippen molar-refractivity contribution in [2.45, 2.75) is 49.3 Å². The third-order valence-corrected chi connectivity index (χ3v) is 9.56. The lowest BCUT2D eigenvalue weighted by molar-refractivity contribution is -0.114. The maximum atomic E-state index is 13.8. The van der Waals surface area contributed by atoms with Crippen molar-refractivity contribution in [2.75, 3.05) is 44.6 Å². The van der Waals surface area contributed by atoms with Crippen LogP contribution in [0.1, 0.15) is 47.5 Å². The number of benzene rings is 2. The zero-order valence-corrected chi connectivity index (χ0v) is 25.1. The van der Waals surface area contributed by atoms with E-state index in [1.54, 1.807) is 26.0 Å². The summed E-state index contributed by atoms with van der Waals surface area (Å²) in [5.74, 6) is 0.133. The zero-order valence-electron chi connectivity index (χ0n) is 23.5. The molecule has 1 aliphatic rings. The molecule has 10 nitrogen and oxygen atoms in total. The number of carbonyl (C=O) groups excluding carboxylic acids is 2. The summed E-state index contributed by atoms with van der Waals surface area (Å²) < 4.78 is 48.9. The number of methoxy groups -OCH3 is 2. The van der Waals surface area contributed by atoms with Crippen LogP contribution in [0, 0.1) is 0 Å². The highest BCUT2D eigenvalue weighted by Gasteiger charge is 2.28. The number of rotatable bonds is 12. The Hall–Kier alpha value is -3.77. The number of sulfone groups is 1. The van der Waals surface area contributed by atoms with Gasteiger partial charge in [0.05, 0.1) is 55.0 Å². The Balaban J connectivity index is 1.61. The SMILES string of the molecule is CCOC(=O)c1c(NC(=O)CNc2ccc(OCC)cc2S(=O)(=O)c2ccc(OC)c(OC)c2)sc2c1CCCC2. The first kappa shape index (κ1) is 30.2. The van der Waals surface area contributed by atoms with Gasteiger partial charge < -0.3 is 29.6 Å². The summed E-state index contributed by atoms with van der Waals surface area (Å²) in [6, 6.07) is 8.93. The smallest absolute Gasteiger partial charge is 0.341 e. The number of fused-ring (bicyclic) bond motifs is 1. The Morgan fingerprint density at radius 3 is 2.41 bits per heavy atom. The van der Waals surface area contributed by atoms with Crippen molar-refractivity contribution in [3.63, 3.8) is 0 Å². The van der Waals surface area contributed by atoms with E-state index in [-0.39, 0.29) is 34.4 Å². The van der Waals surface area contributed by atoms with Gasteiger partial charge >= 0.3 is 5.97 Å². The number of nitrogens with one attached hydrogen (secondary N) is 2. The topological polar surface area (TPSA) is 129 Å². The van der Waals surface area contributed by atoms with Crippen molar-refractivity contribution >= 4 is 43.7 Å². The normalized spacial score (nSPS) is 12.7. The monoisotopic (exact) mass is 602 g/mol. The zero-order chi connectivity index (χ0) is 29.6. The van der Waals surface area contributed by atoms with Gasteiger partial charge in [0.15, 0.2) is 11.5 Å². The lowest BCUT2D eigenvalue weighted by Gasteiger charge is -2.16. The number of carbonyl (C=O) groups is 2. The van der Waals surface area contributed by atoms with Crippen molar-refractivity contribution in [2.24, 2.45) is 0 Å². The number of thiophene rings is 1. The molecule has 0 unspecified atom stereocenters. The molecule has 4 rings (SSSR count). The third kappa shape index (κ3) is 6.59. The number of amides is 1. The minimum Gasteiger partial charge on any atom is -0.494 e. The number of hydrogen-bond acceptors (Lipinski definition) is 10. The quantitative estimate of drug-likeness (QED) is 0.272.